The first kappa shape index (κ1) is 59.8. The summed E-state index contributed by atoms with van der Waals surface area (Å²) in [5.74, 6) is -1.15. The Kier molecular flexibility index (Phi) is 32.9. The van der Waals surface area contributed by atoms with Crippen molar-refractivity contribution < 1.29 is 77.7 Å². The predicted octanol–water partition coefficient (Wildman–Crippen LogP) is 6.54. The maximum Gasteiger partial charge on any atom is 0.472 e. The zero-order chi connectivity index (χ0) is 47.9. The Bertz CT molecular complexity index is 1270. The molecule has 2 aliphatic rings. The van der Waals surface area contributed by atoms with Gasteiger partial charge >= 0.3 is 19.8 Å². The van der Waals surface area contributed by atoms with E-state index in [0.717, 1.165) is 44.9 Å². The second-order valence-corrected chi connectivity index (χ2v) is 19.8. The van der Waals surface area contributed by atoms with Gasteiger partial charge in [0.2, 0.25) is 0 Å². The molecule has 1 aliphatic heterocycles. The molecular formula is C47H90NO16P. The first-order chi connectivity index (χ1) is 31.2. The third kappa shape index (κ3) is 25.8. The van der Waals surface area contributed by atoms with Gasteiger partial charge in [-0.2, -0.15) is 0 Å². The number of rotatable bonds is 39. The fraction of sp³-hybridized carbons (Fsp3) is 0.957. The molecule has 1 aliphatic carbocycles. The largest absolute Gasteiger partial charge is 0.472 e. The van der Waals surface area contributed by atoms with E-state index in [2.05, 4.69) is 13.8 Å². The first-order valence-electron chi connectivity index (χ1n) is 25.3. The van der Waals surface area contributed by atoms with Crippen molar-refractivity contribution in [3.63, 3.8) is 0 Å². The minimum atomic E-state index is -5.28. The molecule has 0 amide bonds. The van der Waals surface area contributed by atoms with Crippen LogP contribution >= 0.6 is 7.82 Å². The topological polar surface area (TPSA) is 274 Å². The minimum absolute atomic E-state index is 0.0474. The number of phosphoric acid groups is 1. The molecule has 0 aromatic rings. The average Bonchev–Trinajstić information content (AvgIpc) is 3.28. The van der Waals surface area contributed by atoms with E-state index in [4.69, 9.17) is 33.7 Å². The second kappa shape index (κ2) is 35.8. The Morgan fingerprint density at radius 3 is 1.48 bits per heavy atom. The number of phosphoric ester groups is 1. The predicted molar refractivity (Wildman–Crippen MR) is 245 cm³/mol. The fourth-order valence-corrected chi connectivity index (χ4v) is 9.32. The highest BCUT2D eigenvalue weighted by atomic mass is 31.2. The van der Waals surface area contributed by atoms with Gasteiger partial charge in [-0.3, -0.25) is 18.6 Å². The van der Waals surface area contributed by atoms with Crippen molar-refractivity contribution >= 4 is 19.8 Å². The summed E-state index contributed by atoms with van der Waals surface area (Å²) in [6, 6.07) is -1.24. The third-order valence-corrected chi connectivity index (χ3v) is 13.5. The van der Waals surface area contributed by atoms with Crippen molar-refractivity contribution in [3.05, 3.63) is 0 Å². The molecule has 384 valence electrons. The van der Waals surface area contributed by atoms with Crippen LogP contribution in [0.25, 0.3) is 0 Å². The molecule has 2 rings (SSSR count). The zero-order valence-electron chi connectivity index (χ0n) is 39.8. The zero-order valence-corrected chi connectivity index (χ0v) is 40.7. The van der Waals surface area contributed by atoms with Crippen LogP contribution in [-0.4, -0.2) is 135 Å². The molecule has 12 atom stereocenters. The maximum atomic E-state index is 13.4. The Balaban J connectivity index is 1.93. The summed E-state index contributed by atoms with van der Waals surface area (Å²) < 4.78 is 46.1. The number of unbranched alkanes of at least 4 members (excludes halogenated alkanes) is 24. The number of ether oxygens (including phenoxy) is 4. The lowest BCUT2D eigenvalue weighted by atomic mass is 9.84. The molecule has 1 heterocycles. The summed E-state index contributed by atoms with van der Waals surface area (Å²) in [7, 11) is -5.28. The van der Waals surface area contributed by atoms with Crippen LogP contribution < -0.4 is 5.73 Å². The van der Waals surface area contributed by atoms with Crippen LogP contribution in [0.2, 0.25) is 0 Å². The van der Waals surface area contributed by atoms with Gasteiger partial charge in [0.1, 0.15) is 43.2 Å². The van der Waals surface area contributed by atoms with Crippen LogP contribution in [0.4, 0.5) is 0 Å². The molecule has 2 fully saturated rings. The molecule has 1 saturated carbocycles. The number of nitrogens with two attached hydrogens (primary N) is 1. The van der Waals surface area contributed by atoms with E-state index in [9.17, 15) is 49.7 Å². The summed E-state index contributed by atoms with van der Waals surface area (Å²) in [4.78, 5) is 36.5. The van der Waals surface area contributed by atoms with Crippen LogP contribution in [0.5, 0.6) is 0 Å². The standard InChI is InChI=1S/C47H90NO16P/c1-3-5-7-9-11-13-15-17-19-21-23-25-27-29-38(51)59-33-36(61-39(52)30-28-26-24-22-20-18-16-14-12-10-8-6-4-2)34-60-65(57,58)64-46-44(56)42(54)41(53)43(55)45(46)63-47-40(48)37(50)31-35(32-49)62-47/h35-37,40-47,49-50,53-56H,3-34,48H2,1-2H3,(H,57,58)/t35-,36+,37-,40+,41+,42+,43-,44+,45+,46+,47+/m0/s1. The molecule has 0 bridgehead atoms. The van der Waals surface area contributed by atoms with Crippen molar-refractivity contribution in [1.82, 2.24) is 0 Å². The lowest BCUT2D eigenvalue weighted by Crippen LogP contribution is -2.67. The molecule has 0 radical (unpaired) electrons. The van der Waals surface area contributed by atoms with Gasteiger partial charge < -0.3 is 60.2 Å². The molecule has 65 heavy (non-hydrogen) atoms. The summed E-state index contributed by atoms with van der Waals surface area (Å²) in [6.07, 6.45) is 12.7. The van der Waals surface area contributed by atoms with Gasteiger partial charge in [-0.1, -0.05) is 168 Å². The van der Waals surface area contributed by atoms with Gasteiger partial charge in [-0.05, 0) is 12.8 Å². The Morgan fingerprint density at radius 2 is 1.03 bits per heavy atom. The van der Waals surface area contributed by atoms with E-state index in [0.29, 0.717) is 12.8 Å². The molecule has 1 unspecified atom stereocenters. The van der Waals surface area contributed by atoms with Crippen molar-refractivity contribution in [1.29, 1.82) is 0 Å². The average molecular weight is 956 g/mol. The molecule has 0 aromatic carbocycles. The minimum Gasteiger partial charge on any atom is -0.462 e. The smallest absolute Gasteiger partial charge is 0.462 e. The lowest BCUT2D eigenvalue weighted by Gasteiger charge is -2.46. The monoisotopic (exact) mass is 956 g/mol. The highest BCUT2D eigenvalue weighted by Gasteiger charge is 2.54. The van der Waals surface area contributed by atoms with Gasteiger partial charge in [0, 0.05) is 19.3 Å². The van der Waals surface area contributed by atoms with Gasteiger partial charge in [0.25, 0.3) is 0 Å². The molecule has 0 spiro atoms. The van der Waals surface area contributed by atoms with E-state index in [1.807, 2.05) is 0 Å². The summed E-state index contributed by atoms with van der Waals surface area (Å²) in [6.45, 7) is 2.65. The van der Waals surface area contributed by atoms with Gasteiger partial charge in [-0.15, -0.1) is 0 Å². The number of carbonyl (C=O) groups is 2. The van der Waals surface area contributed by atoms with Crippen molar-refractivity contribution in [3.8, 4) is 0 Å². The van der Waals surface area contributed by atoms with Crippen LogP contribution in [-0.2, 0) is 42.1 Å². The van der Waals surface area contributed by atoms with Crippen molar-refractivity contribution in [2.24, 2.45) is 5.73 Å². The number of aliphatic hydroxyl groups is 6. The molecule has 1 saturated heterocycles. The number of carbonyl (C=O) groups excluding carboxylic acids is 2. The fourth-order valence-electron chi connectivity index (χ4n) is 8.36. The van der Waals surface area contributed by atoms with Gasteiger partial charge in [0.05, 0.1) is 31.5 Å². The molecule has 0 aromatic heterocycles. The Hall–Kier alpha value is -1.31. The highest BCUT2D eigenvalue weighted by Crippen LogP contribution is 2.48. The van der Waals surface area contributed by atoms with E-state index >= 15 is 0 Å². The van der Waals surface area contributed by atoms with Gasteiger partial charge in [0.15, 0.2) is 12.4 Å². The van der Waals surface area contributed by atoms with Crippen molar-refractivity contribution in [2.45, 2.75) is 267 Å². The molecule has 9 N–H and O–H groups in total. The summed E-state index contributed by atoms with van der Waals surface area (Å²) in [5, 5.41) is 62.5. The first-order valence-corrected chi connectivity index (χ1v) is 26.8. The number of aliphatic hydroxyl groups excluding tert-OH is 6. The SMILES string of the molecule is CCCCCCCCCCCCCCCC(=O)OC[C@H](COP(=O)(O)O[C@@H]1[C@H](O)[C@H](O)[C@@H](O)[C@H](O)[C@H]1O[C@H]1O[C@H](CO)C[C@H](O)[C@H]1N)OC(=O)CCCCCCCCCCCCCCC. The molecule has 18 heteroatoms. The normalized spacial score (nSPS) is 27.3. The molecular weight excluding hydrogens is 865 g/mol. The second-order valence-electron chi connectivity index (χ2n) is 18.4. The van der Waals surface area contributed by atoms with Crippen LogP contribution in [0.15, 0.2) is 0 Å². The Labute approximate surface area is 389 Å². The number of hydrogen-bond donors (Lipinski definition) is 8. The number of hydrogen-bond acceptors (Lipinski definition) is 16. The summed E-state index contributed by atoms with van der Waals surface area (Å²) in [5.41, 5.74) is 6.02. The van der Waals surface area contributed by atoms with Crippen LogP contribution in [0.1, 0.15) is 200 Å². The van der Waals surface area contributed by atoms with E-state index in [1.54, 1.807) is 0 Å². The Morgan fingerprint density at radius 1 is 0.615 bits per heavy atom. The van der Waals surface area contributed by atoms with Crippen molar-refractivity contribution in [2.75, 3.05) is 19.8 Å². The summed E-state index contributed by atoms with van der Waals surface area (Å²) >= 11 is 0. The lowest BCUT2D eigenvalue weighted by molar-refractivity contribution is -0.301. The third-order valence-electron chi connectivity index (χ3n) is 12.5. The van der Waals surface area contributed by atoms with E-state index < -0.39 is 107 Å². The molecule has 17 nitrogen and oxygen atoms in total. The highest BCUT2D eigenvalue weighted by molar-refractivity contribution is 7.47. The maximum absolute atomic E-state index is 13.4. The van der Waals surface area contributed by atoms with Gasteiger partial charge in [-0.25, -0.2) is 4.57 Å². The quantitative estimate of drug-likeness (QED) is 0.0184. The van der Waals surface area contributed by atoms with Crippen LogP contribution in [0.3, 0.4) is 0 Å². The van der Waals surface area contributed by atoms with E-state index in [-0.39, 0.29) is 19.3 Å². The number of esters is 2. The van der Waals surface area contributed by atoms with Crippen LogP contribution in [0, 0.1) is 0 Å². The van der Waals surface area contributed by atoms with E-state index in [1.165, 1.54) is 109 Å².